The molecule has 0 aromatic heterocycles. The van der Waals surface area contributed by atoms with E-state index in [1.54, 1.807) is 11.0 Å². The number of nitrogens with zero attached hydrogens (tertiary/aromatic N) is 2. The van der Waals surface area contributed by atoms with Gasteiger partial charge in [-0.15, -0.1) is 0 Å². The number of amides is 3. The average Bonchev–Trinajstić information content (AvgIpc) is 2.96. The second-order valence-electron chi connectivity index (χ2n) is 7.84. The van der Waals surface area contributed by atoms with E-state index in [9.17, 15) is 19.5 Å². The number of hydrogen-bond acceptors (Lipinski definition) is 5. The minimum atomic E-state index is -0.419. The van der Waals surface area contributed by atoms with E-state index in [0.29, 0.717) is 23.8 Å². The summed E-state index contributed by atoms with van der Waals surface area (Å²) in [6, 6.07) is 7.88. The molecule has 2 heterocycles. The summed E-state index contributed by atoms with van der Waals surface area (Å²) >= 11 is 0.875. The Morgan fingerprint density at radius 3 is 2.62 bits per heavy atom. The van der Waals surface area contributed by atoms with Crippen LogP contribution in [0.3, 0.4) is 0 Å². The van der Waals surface area contributed by atoms with Crippen molar-refractivity contribution < 1.29 is 19.5 Å². The SMILES string of the molecule is CC(C)c1ccc(/C=C2\SC(=O)N(CC(=O)N3CCCCC3CCO)C2=O)cc1. The number of carbonyl (C=O) groups is 3. The van der Waals surface area contributed by atoms with E-state index in [0.717, 1.165) is 41.5 Å². The van der Waals surface area contributed by atoms with Gasteiger partial charge in [0.25, 0.3) is 11.1 Å². The Morgan fingerprint density at radius 2 is 1.97 bits per heavy atom. The first-order valence-electron chi connectivity index (χ1n) is 10.2. The lowest BCUT2D eigenvalue weighted by molar-refractivity contribution is -0.139. The lowest BCUT2D eigenvalue weighted by Gasteiger charge is -2.36. The van der Waals surface area contributed by atoms with E-state index >= 15 is 0 Å². The Morgan fingerprint density at radius 1 is 1.24 bits per heavy atom. The van der Waals surface area contributed by atoms with E-state index in [-0.39, 0.29) is 25.1 Å². The number of thioether (sulfide) groups is 1. The van der Waals surface area contributed by atoms with Crippen LogP contribution in [0.15, 0.2) is 29.2 Å². The maximum atomic E-state index is 12.8. The predicted octanol–water partition coefficient (Wildman–Crippen LogP) is 3.61. The van der Waals surface area contributed by atoms with Gasteiger partial charge < -0.3 is 10.0 Å². The monoisotopic (exact) mass is 416 g/mol. The number of rotatable bonds is 6. The lowest BCUT2D eigenvalue weighted by atomic mass is 9.99. The predicted molar refractivity (Wildman–Crippen MR) is 114 cm³/mol. The molecule has 1 unspecified atom stereocenters. The van der Waals surface area contributed by atoms with E-state index < -0.39 is 11.1 Å². The van der Waals surface area contributed by atoms with E-state index in [1.807, 2.05) is 24.3 Å². The van der Waals surface area contributed by atoms with Gasteiger partial charge in [0.2, 0.25) is 5.91 Å². The molecule has 1 aromatic carbocycles. The number of piperidine rings is 1. The molecule has 0 aliphatic carbocycles. The molecule has 1 N–H and O–H groups in total. The van der Waals surface area contributed by atoms with Crippen LogP contribution >= 0.6 is 11.8 Å². The number of aliphatic hydroxyl groups is 1. The van der Waals surface area contributed by atoms with Gasteiger partial charge in [-0.3, -0.25) is 19.3 Å². The molecule has 29 heavy (non-hydrogen) atoms. The smallest absolute Gasteiger partial charge is 0.294 e. The highest BCUT2D eigenvalue weighted by atomic mass is 32.2. The third kappa shape index (κ3) is 5.08. The zero-order valence-electron chi connectivity index (χ0n) is 17.0. The maximum absolute atomic E-state index is 12.8. The summed E-state index contributed by atoms with van der Waals surface area (Å²) in [5.74, 6) is -0.225. The number of hydrogen-bond donors (Lipinski definition) is 1. The van der Waals surface area contributed by atoms with Gasteiger partial charge in [0.05, 0.1) is 4.91 Å². The molecular weight excluding hydrogens is 388 g/mol. The largest absolute Gasteiger partial charge is 0.396 e. The highest BCUT2D eigenvalue weighted by Gasteiger charge is 2.38. The summed E-state index contributed by atoms with van der Waals surface area (Å²) in [5, 5.41) is 8.83. The Kier molecular flexibility index (Phi) is 7.14. The fraction of sp³-hybridized carbons (Fsp3) is 0.500. The molecule has 1 aromatic rings. The second-order valence-corrected chi connectivity index (χ2v) is 8.83. The van der Waals surface area contributed by atoms with Crippen LogP contribution in [0.25, 0.3) is 6.08 Å². The topological polar surface area (TPSA) is 77.9 Å². The van der Waals surface area contributed by atoms with Crippen LogP contribution in [0.4, 0.5) is 4.79 Å². The molecule has 156 valence electrons. The Hall–Kier alpha value is -2.12. The Balaban J connectivity index is 1.69. The number of aliphatic hydroxyl groups excluding tert-OH is 1. The fourth-order valence-electron chi connectivity index (χ4n) is 3.77. The first kappa shape index (κ1) is 21.6. The van der Waals surface area contributed by atoms with Crippen molar-refractivity contribution in [2.45, 2.75) is 51.5 Å². The van der Waals surface area contributed by atoms with Crippen LogP contribution in [0.1, 0.15) is 56.6 Å². The van der Waals surface area contributed by atoms with Crippen molar-refractivity contribution in [1.82, 2.24) is 9.80 Å². The van der Waals surface area contributed by atoms with Crippen LogP contribution < -0.4 is 0 Å². The lowest BCUT2D eigenvalue weighted by Crippen LogP contribution is -2.49. The van der Waals surface area contributed by atoms with Crippen molar-refractivity contribution in [3.63, 3.8) is 0 Å². The van der Waals surface area contributed by atoms with E-state index in [4.69, 9.17) is 0 Å². The molecule has 3 amide bonds. The number of carbonyl (C=O) groups excluding carboxylic acids is 3. The minimum absolute atomic E-state index is 0.0174. The number of benzene rings is 1. The third-order valence-electron chi connectivity index (χ3n) is 5.48. The van der Waals surface area contributed by atoms with Crippen LogP contribution in [0, 0.1) is 0 Å². The van der Waals surface area contributed by atoms with E-state index in [1.165, 1.54) is 5.56 Å². The molecule has 2 aliphatic heterocycles. The first-order chi connectivity index (χ1) is 13.9. The van der Waals surface area contributed by atoms with Crippen LogP contribution in [-0.2, 0) is 9.59 Å². The van der Waals surface area contributed by atoms with E-state index in [2.05, 4.69) is 13.8 Å². The molecule has 0 saturated carbocycles. The molecular formula is C22H28N2O4S. The van der Waals surface area contributed by atoms with Crippen LogP contribution in [0.5, 0.6) is 0 Å². The molecule has 3 rings (SSSR count). The van der Waals surface area contributed by atoms with Gasteiger partial charge in [0.1, 0.15) is 6.54 Å². The first-order valence-corrected chi connectivity index (χ1v) is 11.0. The third-order valence-corrected chi connectivity index (χ3v) is 6.39. The zero-order valence-corrected chi connectivity index (χ0v) is 17.8. The van der Waals surface area contributed by atoms with Gasteiger partial charge in [-0.25, -0.2) is 0 Å². The Bertz CT molecular complexity index is 802. The van der Waals surface area contributed by atoms with Crippen LogP contribution in [0.2, 0.25) is 0 Å². The standard InChI is InChI=1S/C22H28N2O4S/c1-15(2)17-8-6-16(7-9-17)13-19-21(27)24(22(28)29-19)14-20(26)23-11-4-3-5-18(23)10-12-25/h6-9,13,15,18,25H,3-5,10-12,14H2,1-2H3/b19-13-. The van der Waals surface area contributed by atoms with Crippen molar-refractivity contribution in [1.29, 1.82) is 0 Å². The summed E-state index contributed by atoms with van der Waals surface area (Å²) in [4.78, 5) is 41.0. The highest BCUT2D eigenvalue weighted by molar-refractivity contribution is 8.18. The molecule has 2 aliphatic rings. The molecule has 2 fully saturated rings. The normalized spacial score (nSPS) is 21.5. The van der Waals surface area contributed by atoms with Gasteiger partial charge in [0.15, 0.2) is 0 Å². The van der Waals surface area contributed by atoms with Gasteiger partial charge in [0, 0.05) is 19.2 Å². The van der Waals surface area contributed by atoms with Crippen molar-refractivity contribution in [3.8, 4) is 0 Å². The molecule has 1 atom stereocenters. The summed E-state index contributed by atoms with van der Waals surface area (Å²) in [7, 11) is 0. The number of likely N-dealkylation sites (tertiary alicyclic amines) is 1. The summed E-state index contributed by atoms with van der Waals surface area (Å²) in [5.41, 5.74) is 2.06. The molecule has 7 heteroatoms. The van der Waals surface area contributed by atoms with Gasteiger partial charge >= 0.3 is 0 Å². The van der Waals surface area contributed by atoms with Crippen molar-refractivity contribution >= 4 is 34.9 Å². The molecule has 0 radical (unpaired) electrons. The summed E-state index contributed by atoms with van der Waals surface area (Å²) < 4.78 is 0. The van der Waals surface area contributed by atoms with Crippen molar-refractivity contribution in [2.75, 3.05) is 19.7 Å². The molecule has 0 bridgehead atoms. The number of imide groups is 1. The quantitative estimate of drug-likeness (QED) is 0.717. The van der Waals surface area contributed by atoms with Crippen molar-refractivity contribution in [2.24, 2.45) is 0 Å². The maximum Gasteiger partial charge on any atom is 0.294 e. The summed E-state index contributed by atoms with van der Waals surface area (Å²) in [6.45, 7) is 4.62. The minimum Gasteiger partial charge on any atom is -0.396 e. The molecule has 6 nitrogen and oxygen atoms in total. The zero-order chi connectivity index (χ0) is 21.0. The second kappa shape index (κ2) is 9.59. The fourth-order valence-corrected chi connectivity index (χ4v) is 4.61. The van der Waals surface area contributed by atoms with Gasteiger partial charge in [-0.2, -0.15) is 0 Å². The van der Waals surface area contributed by atoms with Crippen molar-refractivity contribution in [3.05, 3.63) is 40.3 Å². The average molecular weight is 417 g/mol. The Labute approximate surface area is 175 Å². The van der Waals surface area contributed by atoms with Crippen LogP contribution in [-0.4, -0.2) is 57.7 Å². The van der Waals surface area contributed by atoms with Gasteiger partial charge in [-0.1, -0.05) is 38.1 Å². The molecule has 2 saturated heterocycles. The molecule has 0 spiro atoms. The summed E-state index contributed by atoms with van der Waals surface area (Å²) in [6.07, 6.45) is 5.01. The van der Waals surface area contributed by atoms with Gasteiger partial charge in [-0.05, 0) is 60.6 Å². The highest BCUT2D eigenvalue weighted by Crippen LogP contribution is 2.32.